The van der Waals surface area contributed by atoms with Crippen LogP contribution < -0.4 is 0 Å². The monoisotopic (exact) mass is 1200 g/mol. The highest BCUT2D eigenvalue weighted by atomic mass is 16.8. The number of rotatable bonds is 13. The molecular weight excluding hydrogens is 1110 g/mol. The van der Waals surface area contributed by atoms with Crippen LogP contribution in [-0.2, 0) is 52.2 Å². The molecule has 14 N–H and O–H groups in total. The van der Waals surface area contributed by atoms with Crippen LogP contribution in [0.15, 0.2) is 11.6 Å². The highest BCUT2D eigenvalue weighted by molar-refractivity contribution is 5.79. The number of aliphatic hydroxyl groups is 14. The number of allylic oxidation sites excluding steroid dienone is 2. The van der Waals surface area contributed by atoms with Crippen molar-refractivity contribution in [2.75, 3.05) is 26.4 Å². The number of aliphatic hydroxyl groups excluding tert-OH is 14. The second-order valence-electron chi connectivity index (χ2n) is 28.6. The van der Waals surface area contributed by atoms with Gasteiger partial charge in [-0.3, -0.25) is 4.79 Å². The van der Waals surface area contributed by atoms with Crippen LogP contribution in [0.25, 0.3) is 0 Å². The molecule has 0 radical (unpaired) electrons. The van der Waals surface area contributed by atoms with E-state index < -0.39 is 171 Å². The van der Waals surface area contributed by atoms with Crippen molar-refractivity contribution in [1.29, 1.82) is 0 Å². The van der Waals surface area contributed by atoms with E-state index in [2.05, 4.69) is 54.5 Å². The molecule has 5 aliphatic heterocycles. The Balaban J connectivity index is 0.792. The van der Waals surface area contributed by atoms with E-state index in [9.17, 15) is 71.5 Å². The SMILES string of the molecule is C[C@@H]1O[C@@H](O[C@H]2[C@H](O)[C@@H](O)[C@H](OC[C@@H]3C[C@H](O)[C@@H](O)[C@H](OC(=O)[C@]45CCC(C)(C)C[C@H]4C4=CC[C@@H]6[C@@]7(C)CC[C@H](O[C@@H]8OC[C@H](O[C@@H]9O[C@H](CO)[C@@H](O)[C@H](O)[C@H]9O)[C@H](O)[C@H]8O)C(C)(C)[C@@H]7CC[C@@]6(C)[C@]4(C)CC5)O3)O[C@@H]2CO)[C@H](O)[C@H](O)[C@H]1O. The third-order valence-corrected chi connectivity index (χ3v) is 23.0. The Morgan fingerprint density at radius 1 is 0.595 bits per heavy atom. The summed E-state index contributed by atoms with van der Waals surface area (Å²) in [7, 11) is 0. The van der Waals surface area contributed by atoms with Crippen LogP contribution in [0.1, 0.15) is 126 Å². The Labute approximate surface area is 490 Å². The van der Waals surface area contributed by atoms with Crippen molar-refractivity contribution in [2.45, 2.75) is 273 Å². The molecule has 5 aliphatic carbocycles. The van der Waals surface area contributed by atoms with Gasteiger partial charge in [-0.25, -0.2) is 0 Å². The van der Waals surface area contributed by atoms with Crippen molar-refractivity contribution in [2.24, 2.45) is 50.2 Å². The van der Waals surface area contributed by atoms with Crippen molar-refractivity contribution < 1.29 is 124 Å². The van der Waals surface area contributed by atoms with Crippen LogP contribution >= 0.6 is 0 Å². The Hall–Kier alpha value is -1.71. The minimum absolute atomic E-state index is 0.114. The van der Waals surface area contributed by atoms with E-state index in [0.29, 0.717) is 25.7 Å². The smallest absolute Gasteiger partial charge is 0.315 e. The van der Waals surface area contributed by atoms with Crippen LogP contribution in [0, 0.1) is 50.2 Å². The van der Waals surface area contributed by atoms with Crippen molar-refractivity contribution in [1.82, 2.24) is 0 Å². The Morgan fingerprint density at radius 2 is 1.23 bits per heavy atom. The molecule has 5 saturated heterocycles. The average molecular weight is 1210 g/mol. The van der Waals surface area contributed by atoms with Crippen LogP contribution in [-0.4, -0.2) is 251 Å². The highest BCUT2D eigenvalue weighted by Gasteiger charge is 2.70. The second-order valence-corrected chi connectivity index (χ2v) is 28.6. The Morgan fingerprint density at radius 3 is 1.92 bits per heavy atom. The lowest BCUT2D eigenvalue weighted by Gasteiger charge is -2.71. The number of esters is 1. The molecule has 5 heterocycles. The minimum Gasteiger partial charge on any atom is -0.432 e. The topological polar surface area (TPSA) is 393 Å². The summed E-state index contributed by atoms with van der Waals surface area (Å²) >= 11 is 0. The molecule has 10 aliphatic rings. The summed E-state index contributed by atoms with van der Waals surface area (Å²) in [6.45, 7) is 15.5. The van der Waals surface area contributed by atoms with E-state index in [1.165, 1.54) is 12.5 Å². The third-order valence-electron chi connectivity index (χ3n) is 23.0. The molecular formula is C59H96O25. The van der Waals surface area contributed by atoms with E-state index in [0.717, 1.165) is 38.5 Å². The molecule has 84 heavy (non-hydrogen) atoms. The number of ether oxygens (including phenoxy) is 10. The van der Waals surface area contributed by atoms with E-state index >= 15 is 4.79 Å². The lowest BCUT2D eigenvalue weighted by Crippen LogP contribution is -2.66. The molecule has 31 atom stereocenters. The number of hydrogen-bond donors (Lipinski definition) is 14. The van der Waals surface area contributed by atoms with E-state index in [-0.39, 0.29) is 65.2 Å². The van der Waals surface area contributed by atoms with Crippen LogP contribution in [0.3, 0.4) is 0 Å². The molecule has 0 aromatic heterocycles. The van der Waals surface area contributed by atoms with Crippen LogP contribution in [0.5, 0.6) is 0 Å². The van der Waals surface area contributed by atoms with Gasteiger partial charge in [0.25, 0.3) is 0 Å². The minimum atomic E-state index is -1.79. The van der Waals surface area contributed by atoms with Gasteiger partial charge < -0.3 is 119 Å². The fourth-order valence-electron chi connectivity index (χ4n) is 17.5. The zero-order valence-corrected chi connectivity index (χ0v) is 49.5. The van der Waals surface area contributed by atoms with E-state index in [1.54, 1.807) is 0 Å². The molecule has 4 saturated carbocycles. The zero-order chi connectivity index (χ0) is 61.1. The summed E-state index contributed by atoms with van der Waals surface area (Å²) in [5, 5.41) is 149. The molecule has 25 heteroatoms. The lowest BCUT2D eigenvalue weighted by atomic mass is 9.33. The first kappa shape index (κ1) is 65.2. The van der Waals surface area contributed by atoms with E-state index in [1.807, 2.05) is 0 Å². The van der Waals surface area contributed by atoms with Gasteiger partial charge in [0.05, 0.1) is 56.3 Å². The predicted molar refractivity (Wildman–Crippen MR) is 287 cm³/mol. The van der Waals surface area contributed by atoms with Crippen molar-refractivity contribution in [3.05, 3.63) is 11.6 Å². The maximum Gasteiger partial charge on any atom is 0.315 e. The first-order valence-electron chi connectivity index (χ1n) is 30.5. The average Bonchev–Trinajstić information content (AvgIpc) is 0.707. The van der Waals surface area contributed by atoms with Gasteiger partial charge in [0.1, 0.15) is 91.6 Å². The van der Waals surface area contributed by atoms with Crippen LogP contribution in [0.4, 0.5) is 0 Å². The summed E-state index contributed by atoms with van der Waals surface area (Å²) in [6, 6.07) is 0. The molecule has 0 unspecified atom stereocenters. The van der Waals surface area contributed by atoms with Crippen molar-refractivity contribution in [3.8, 4) is 0 Å². The fourth-order valence-corrected chi connectivity index (χ4v) is 17.5. The van der Waals surface area contributed by atoms with E-state index in [4.69, 9.17) is 47.4 Å². The lowest BCUT2D eigenvalue weighted by molar-refractivity contribution is -0.359. The quantitative estimate of drug-likeness (QED) is 0.0566. The summed E-state index contributed by atoms with van der Waals surface area (Å²) in [6.07, 6.45) is -24.9. The number of hydrogen-bond acceptors (Lipinski definition) is 25. The van der Waals surface area contributed by atoms with Gasteiger partial charge in [0, 0.05) is 6.42 Å². The van der Waals surface area contributed by atoms with Gasteiger partial charge in [-0.05, 0) is 116 Å². The Bertz CT molecular complexity index is 2320. The number of carbonyl (C=O) groups is 1. The molecule has 0 aromatic rings. The van der Waals surface area contributed by atoms with Crippen molar-refractivity contribution >= 4 is 5.97 Å². The van der Waals surface area contributed by atoms with Gasteiger partial charge in [-0.2, -0.15) is 0 Å². The number of fused-ring (bicyclic) bond motifs is 7. The van der Waals surface area contributed by atoms with Gasteiger partial charge in [-0.1, -0.05) is 60.1 Å². The molecule has 25 nitrogen and oxygen atoms in total. The molecule has 9 fully saturated rings. The van der Waals surface area contributed by atoms with Crippen LogP contribution in [0.2, 0.25) is 0 Å². The maximum atomic E-state index is 15.2. The zero-order valence-electron chi connectivity index (χ0n) is 49.5. The molecule has 0 spiro atoms. The summed E-state index contributed by atoms with van der Waals surface area (Å²) in [5.41, 5.74) is -0.852. The van der Waals surface area contributed by atoms with Gasteiger partial charge in [-0.15, -0.1) is 0 Å². The maximum absolute atomic E-state index is 15.2. The summed E-state index contributed by atoms with van der Waals surface area (Å²) in [4.78, 5) is 15.2. The summed E-state index contributed by atoms with van der Waals surface area (Å²) < 4.78 is 59.2. The molecule has 10 rings (SSSR count). The van der Waals surface area contributed by atoms with Gasteiger partial charge in [0.15, 0.2) is 25.2 Å². The third kappa shape index (κ3) is 11.1. The number of carbonyl (C=O) groups excluding carboxylic acids is 1. The first-order chi connectivity index (χ1) is 39.4. The first-order valence-corrected chi connectivity index (χ1v) is 30.5. The largest absolute Gasteiger partial charge is 0.432 e. The molecule has 0 aromatic carbocycles. The van der Waals surface area contributed by atoms with Gasteiger partial charge >= 0.3 is 5.97 Å². The summed E-state index contributed by atoms with van der Waals surface area (Å²) in [5.74, 6) is -0.265. The normalized spacial score (nSPS) is 53.7. The molecule has 482 valence electrons. The fraction of sp³-hybridized carbons (Fsp3) is 0.949. The molecule has 0 bridgehead atoms. The van der Waals surface area contributed by atoms with Gasteiger partial charge in [0.2, 0.25) is 6.29 Å². The second kappa shape index (κ2) is 24.2. The predicted octanol–water partition coefficient (Wildman–Crippen LogP) is -1.52. The van der Waals surface area contributed by atoms with Crippen molar-refractivity contribution in [3.63, 3.8) is 0 Å². The molecule has 0 amide bonds. The standard InChI is InChI=1S/C59H96O25/c1-25-36(63)40(67)44(71)51(77-25)83-47-31(22-61)80-48(46(73)42(47)69)75-23-26-19-29(62)37(64)50(78-26)84-53(74)59-17-15-54(2,3)20-28(59)27-9-10-34-56(6)13-12-35(55(4,5)33(56)11-14-58(34,8)57(27,7)16-18-59)82-49-43(70)39(66)32(24-76-49)81-52-45(72)41(68)38(65)30(21-60)79-52/h9,25-26,28-52,60-73H,10-24H2,1-8H3/t25-,26-,28-,29-,30+,31+,32-,33-,34+,35-,36-,37+,38+,39-,40+,41-,42+,43+,44+,45+,46+,47+,48+,49-,50-,51-,52-,56-,57+,58+,59-/m0/s1. The highest BCUT2D eigenvalue weighted by Crippen LogP contribution is 2.76. The Kier molecular flexibility index (Phi) is 18.8.